The number of hydrogen-bond acceptors (Lipinski definition) is 4. The fourth-order valence-corrected chi connectivity index (χ4v) is 3.35. The number of rotatable bonds is 7. The first kappa shape index (κ1) is 17.1. The summed E-state index contributed by atoms with van der Waals surface area (Å²) in [6, 6.07) is 3.76. The average Bonchev–Trinajstić information content (AvgIpc) is 2.73. The van der Waals surface area contributed by atoms with E-state index in [1.54, 1.807) is 13.8 Å². The summed E-state index contributed by atoms with van der Waals surface area (Å²) in [6.45, 7) is 3.60. The van der Waals surface area contributed by atoms with Crippen molar-refractivity contribution in [2.24, 2.45) is 0 Å². The van der Waals surface area contributed by atoms with Crippen molar-refractivity contribution in [1.82, 2.24) is 5.32 Å². The maximum absolute atomic E-state index is 12.3. The molecule has 5 nitrogen and oxygen atoms in total. The van der Waals surface area contributed by atoms with Gasteiger partial charge < -0.3 is 15.2 Å². The molecule has 0 spiro atoms. The largest absolute Gasteiger partial charge is 0.481 e. The van der Waals surface area contributed by atoms with E-state index in [2.05, 4.69) is 21.2 Å². The Balaban J connectivity index is 2.77. The quantitative estimate of drug-likeness (QED) is 0.780. The number of ether oxygens (including phenoxy) is 1. The van der Waals surface area contributed by atoms with Crippen LogP contribution in [0.5, 0.6) is 0 Å². The highest BCUT2D eigenvalue weighted by Gasteiger charge is 2.31. The van der Waals surface area contributed by atoms with Crippen LogP contribution >= 0.6 is 27.3 Å². The Labute approximate surface area is 130 Å². The van der Waals surface area contributed by atoms with Crippen molar-refractivity contribution in [2.45, 2.75) is 31.7 Å². The Bertz CT molecular complexity index is 490. The number of methoxy groups -OCH3 is 1. The number of halogens is 1. The Morgan fingerprint density at radius 1 is 1.55 bits per heavy atom. The molecule has 0 saturated heterocycles. The number of carbonyl (C=O) groups is 2. The van der Waals surface area contributed by atoms with Crippen molar-refractivity contribution in [3.05, 3.63) is 20.8 Å². The predicted molar refractivity (Wildman–Crippen MR) is 81.1 cm³/mol. The normalized spacial score (nSPS) is 15.4. The van der Waals surface area contributed by atoms with Crippen LogP contribution in [-0.2, 0) is 14.3 Å². The van der Waals surface area contributed by atoms with Crippen LogP contribution in [0.1, 0.15) is 31.1 Å². The molecule has 1 aromatic rings. The van der Waals surface area contributed by atoms with Gasteiger partial charge in [0.05, 0.1) is 28.3 Å². The van der Waals surface area contributed by atoms with Crippen LogP contribution in [0.3, 0.4) is 0 Å². The lowest BCUT2D eigenvalue weighted by Gasteiger charge is -2.29. The van der Waals surface area contributed by atoms with Crippen LogP contribution in [0.4, 0.5) is 0 Å². The zero-order chi connectivity index (χ0) is 15.3. The van der Waals surface area contributed by atoms with Gasteiger partial charge in [0.15, 0.2) is 0 Å². The predicted octanol–water partition coefficient (Wildman–Crippen LogP) is 2.61. The van der Waals surface area contributed by atoms with E-state index in [1.807, 2.05) is 12.1 Å². The van der Waals surface area contributed by atoms with Crippen LogP contribution in [0, 0.1) is 0 Å². The average molecular weight is 364 g/mol. The minimum atomic E-state index is -0.976. The maximum atomic E-state index is 12.3. The first-order chi connectivity index (χ1) is 9.27. The second-order valence-corrected chi connectivity index (χ2v) is 7.41. The number of thiophene rings is 1. The van der Waals surface area contributed by atoms with Gasteiger partial charge in [-0.2, -0.15) is 0 Å². The summed E-state index contributed by atoms with van der Waals surface area (Å²) in [4.78, 5) is 24.1. The van der Waals surface area contributed by atoms with E-state index in [-0.39, 0.29) is 24.9 Å². The minimum Gasteiger partial charge on any atom is -0.481 e. The van der Waals surface area contributed by atoms with Gasteiger partial charge in [-0.15, -0.1) is 11.3 Å². The van der Waals surface area contributed by atoms with E-state index in [0.29, 0.717) is 0 Å². The van der Waals surface area contributed by atoms with E-state index in [9.17, 15) is 9.59 Å². The third-order valence-electron chi connectivity index (χ3n) is 2.84. The fourth-order valence-electron chi connectivity index (χ4n) is 1.88. The molecule has 0 aliphatic carbocycles. The van der Waals surface area contributed by atoms with E-state index in [4.69, 9.17) is 9.84 Å². The van der Waals surface area contributed by atoms with Crippen molar-refractivity contribution in [2.75, 3.05) is 13.7 Å². The van der Waals surface area contributed by atoms with E-state index in [0.717, 1.165) is 8.66 Å². The molecule has 1 rings (SSSR count). The first-order valence-electron chi connectivity index (χ1n) is 6.05. The third kappa shape index (κ3) is 4.88. The summed E-state index contributed by atoms with van der Waals surface area (Å²) < 4.78 is 5.97. The molecule has 0 aliphatic rings. The number of amides is 1. The molecule has 1 heterocycles. The van der Waals surface area contributed by atoms with Crippen molar-refractivity contribution in [3.63, 3.8) is 0 Å². The summed E-state index contributed by atoms with van der Waals surface area (Å²) in [5, 5.41) is 11.7. The van der Waals surface area contributed by atoms with Crippen LogP contribution < -0.4 is 5.32 Å². The molecule has 0 bridgehead atoms. The van der Waals surface area contributed by atoms with Gasteiger partial charge in [0.2, 0.25) is 5.91 Å². The van der Waals surface area contributed by atoms with Crippen LogP contribution in [0.2, 0.25) is 0 Å². The summed E-state index contributed by atoms with van der Waals surface area (Å²) >= 11 is 4.84. The van der Waals surface area contributed by atoms with Crippen molar-refractivity contribution in [3.8, 4) is 0 Å². The van der Waals surface area contributed by atoms with Crippen LogP contribution in [-0.4, -0.2) is 36.2 Å². The molecule has 0 radical (unpaired) electrons. The zero-order valence-corrected chi connectivity index (χ0v) is 14.0. The monoisotopic (exact) mass is 363 g/mol. The number of carboxylic acid groups (broad SMARTS) is 1. The minimum absolute atomic E-state index is 0.145. The van der Waals surface area contributed by atoms with Crippen LogP contribution in [0.15, 0.2) is 15.9 Å². The summed E-state index contributed by atoms with van der Waals surface area (Å²) in [6.07, 6.45) is -0.187. The molecule has 20 heavy (non-hydrogen) atoms. The van der Waals surface area contributed by atoms with Gasteiger partial charge in [-0.3, -0.25) is 9.59 Å². The molecule has 2 unspecified atom stereocenters. The van der Waals surface area contributed by atoms with Gasteiger partial charge in [-0.1, -0.05) is 0 Å². The van der Waals surface area contributed by atoms with Crippen molar-refractivity contribution < 1.29 is 19.4 Å². The summed E-state index contributed by atoms with van der Waals surface area (Å²) in [5.74, 6) is -1.52. The molecule has 1 aromatic heterocycles. The zero-order valence-electron chi connectivity index (χ0n) is 11.6. The number of carboxylic acids is 1. The highest BCUT2D eigenvalue weighted by Crippen LogP contribution is 2.29. The van der Waals surface area contributed by atoms with Crippen molar-refractivity contribution >= 4 is 39.1 Å². The lowest BCUT2D eigenvalue weighted by atomic mass is 9.97. The molecule has 0 aromatic carbocycles. The Hall–Kier alpha value is -0.920. The summed E-state index contributed by atoms with van der Waals surface area (Å²) in [7, 11) is 1.48. The van der Waals surface area contributed by atoms with Gasteiger partial charge in [0.1, 0.15) is 0 Å². The second kappa shape index (κ2) is 7.19. The lowest BCUT2D eigenvalue weighted by molar-refractivity contribution is -0.139. The third-order valence-corrected chi connectivity index (χ3v) is 4.65. The molecule has 0 aliphatic heterocycles. The fraction of sp³-hybridized carbons (Fsp3) is 0.538. The highest BCUT2D eigenvalue weighted by molar-refractivity contribution is 9.11. The number of carbonyl (C=O) groups excluding carboxylic acids is 1. The molecule has 7 heteroatoms. The van der Waals surface area contributed by atoms with Crippen molar-refractivity contribution in [1.29, 1.82) is 0 Å². The smallest absolute Gasteiger partial charge is 0.305 e. The second-order valence-electron chi connectivity index (χ2n) is 4.92. The molecular weight excluding hydrogens is 346 g/mol. The molecular formula is C13H18BrNO4S. The van der Waals surface area contributed by atoms with Gasteiger partial charge in [0.25, 0.3) is 0 Å². The molecule has 1 amide bonds. The van der Waals surface area contributed by atoms with Gasteiger partial charge in [0, 0.05) is 12.0 Å². The molecule has 2 N–H and O–H groups in total. The van der Waals surface area contributed by atoms with E-state index >= 15 is 0 Å². The lowest BCUT2D eigenvalue weighted by Crippen LogP contribution is -2.51. The molecule has 0 fully saturated rings. The first-order valence-corrected chi connectivity index (χ1v) is 7.66. The SMILES string of the molecule is COCC(C)(CC(=O)O)NC(=O)C(C)c1ccc(Br)s1. The Morgan fingerprint density at radius 3 is 2.65 bits per heavy atom. The van der Waals surface area contributed by atoms with Crippen LogP contribution in [0.25, 0.3) is 0 Å². The molecule has 2 atom stereocenters. The molecule has 112 valence electrons. The summed E-state index contributed by atoms with van der Waals surface area (Å²) in [5.41, 5.74) is -0.916. The number of aliphatic carboxylic acids is 1. The number of hydrogen-bond donors (Lipinski definition) is 2. The number of nitrogens with one attached hydrogen (secondary N) is 1. The topological polar surface area (TPSA) is 75.6 Å². The van der Waals surface area contributed by atoms with Gasteiger partial charge in [-0.05, 0) is 41.9 Å². The van der Waals surface area contributed by atoms with Gasteiger partial charge >= 0.3 is 5.97 Å². The van der Waals surface area contributed by atoms with E-state index < -0.39 is 11.5 Å². The Morgan fingerprint density at radius 2 is 2.20 bits per heavy atom. The van der Waals surface area contributed by atoms with Gasteiger partial charge in [-0.25, -0.2) is 0 Å². The maximum Gasteiger partial charge on any atom is 0.305 e. The standard InChI is InChI=1S/C13H18BrNO4S/c1-8(9-4-5-10(14)20-9)12(18)15-13(2,7-19-3)6-11(16)17/h4-5,8H,6-7H2,1-3H3,(H,15,18)(H,16,17). The van der Waals surface area contributed by atoms with E-state index in [1.165, 1.54) is 18.4 Å². The highest BCUT2D eigenvalue weighted by atomic mass is 79.9. The Kier molecular flexibility index (Phi) is 6.16. The molecule has 0 saturated carbocycles.